The number of nitrogens with two attached hydrogens (primary N) is 1. The summed E-state index contributed by atoms with van der Waals surface area (Å²) in [6.45, 7) is 2.15. The van der Waals surface area contributed by atoms with Crippen molar-refractivity contribution >= 4 is 27.7 Å². The van der Waals surface area contributed by atoms with Crippen LogP contribution < -0.4 is 20.1 Å². The normalized spacial score (nSPS) is 15.8. The number of nitrogens with zero attached hydrogens (tertiary/aromatic N) is 4. The van der Waals surface area contributed by atoms with Gasteiger partial charge in [0.05, 0.1) is 0 Å². The minimum Gasteiger partial charge on any atom is -0.356 e. The smallest absolute Gasteiger partial charge is 0.274 e. The molecule has 3 rings (SSSR count). The summed E-state index contributed by atoms with van der Waals surface area (Å²) >= 11 is 0. The minimum atomic E-state index is -3.60. The van der Waals surface area contributed by atoms with Crippen LogP contribution in [0.15, 0.2) is 36.8 Å². The molecule has 0 radical (unpaired) electrons. The Morgan fingerprint density at radius 1 is 1.15 bits per heavy atom. The highest BCUT2D eigenvalue weighted by atomic mass is 32.2. The van der Waals surface area contributed by atoms with Gasteiger partial charge >= 0.3 is 0 Å². The zero-order valence-corrected chi connectivity index (χ0v) is 15.2. The van der Waals surface area contributed by atoms with Gasteiger partial charge in [0.1, 0.15) is 5.82 Å². The van der Waals surface area contributed by atoms with Crippen molar-refractivity contribution in [3.8, 4) is 0 Å². The van der Waals surface area contributed by atoms with Crippen molar-refractivity contribution in [2.24, 2.45) is 11.1 Å². The first-order valence-electron chi connectivity index (χ1n) is 8.52. The minimum absolute atomic E-state index is 0.386. The number of nitrogens with one attached hydrogen (secondary N) is 2. The summed E-state index contributed by atoms with van der Waals surface area (Å²) < 4.78 is 24.2. The quantitative estimate of drug-likeness (QED) is 0.657. The zero-order chi connectivity index (χ0) is 18.4. The maximum atomic E-state index is 10.9. The van der Waals surface area contributed by atoms with Crippen LogP contribution in [0.3, 0.4) is 0 Å². The summed E-state index contributed by atoms with van der Waals surface area (Å²) in [6.07, 6.45) is 7.94. The zero-order valence-electron chi connectivity index (χ0n) is 14.4. The number of aromatic nitrogens is 3. The molecule has 0 aromatic carbocycles. The monoisotopic (exact) mass is 377 g/mol. The lowest BCUT2D eigenvalue weighted by atomic mass is 9.94. The summed E-state index contributed by atoms with van der Waals surface area (Å²) in [5, 5.41) is 8.12. The maximum Gasteiger partial charge on any atom is 0.274 e. The topological polar surface area (TPSA) is 126 Å². The average Bonchev–Trinajstić information content (AvgIpc) is 2.62. The maximum absolute atomic E-state index is 10.9. The van der Waals surface area contributed by atoms with Gasteiger partial charge in [-0.2, -0.15) is 13.4 Å². The van der Waals surface area contributed by atoms with Crippen molar-refractivity contribution in [2.45, 2.75) is 19.3 Å². The Bertz CT molecular complexity index is 808. The molecule has 4 N–H and O–H groups in total. The lowest BCUT2D eigenvalue weighted by molar-refractivity contribution is 0.380. The first-order valence-corrected chi connectivity index (χ1v) is 10.1. The van der Waals surface area contributed by atoms with Crippen LogP contribution in [-0.4, -0.2) is 43.0 Å². The Hall–Kier alpha value is -2.30. The molecule has 0 saturated carbocycles. The van der Waals surface area contributed by atoms with Gasteiger partial charge in [-0.05, 0) is 43.4 Å². The fourth-order valence-corrected chi connectivity index (χ4v) is 3.41. The Kier molecular flexibility index (Phi) is 5.96. The molecule has 0 spiro atoms. The van der Waals surface area contributed by atoms with Crippen LogP contribution in [0.25, 0.3) is 0 Å². The van der Waals surface area contributed by atoms with Crippen molar-refractivity contribution in [1.82, 2.24) is 19.7 Å². The van der Waals surface area contributed by atoms with Gasteiger partial charge in [0.2, 0.25) is 5.95 Å². The Morgan fingerprint density at radius 3 is 2.58 bits per heavy atom. The summed E-state index contributed by atoms with van der Waals surface area (Å²) in [7, 11) is -3.60. The molecule has 9 nitrogen and oxygen atoms in total. The second kappa shape index (κ2) is 8.39. The lowest BCUT2D eigenvalue weighted by Gasteiger charge is -2.32. The van der Waals surface area contributed by atoms with E-state index in [1.807, 2.05) is 18.2 Å². The van der Waals surface area contributed by atoms with Crippen molar-refractivity contribution < 1.29 is 8.42 Å². The predicted octanol–water partition coefficient (Wildman–Crippen LogP) is 1.01. The van der Waals surface area contributed by atoms with E-state index in [1.54, 1.807) is 18.6 Å². The molecule has 0 bridgehead atoms. The van der Waals surface area contributed by atoms with Crippen LogP contribution in [0.4, 0.5) is 17.5 Å². The Morgan fingerprint density at radius 2 is 1.88 bits per heavy atom. The van der Waals surface area contributed by atoms with E-state index in [2.05, 4.69) is 29.9 Å². The molecule has 1 fully saturated rings. The molecule has 140 valence electrons. The van der Waals surface area contributed by atoms with E-state index in [1.165, 1.54) is 0 Å². The van der Waals surface area contributed by atoms with Crippen LogP contribution >= 0.6 is 0 Å². The lowest BCUT2D eigenvalue weighted by Crippen LogP contribution is -2.37. The molecule has 1 saturated heterocycles. The first-order chi connectivity index (χ1) is 12.5. The highest BCUT2D eigenvalue weighted by molar-refractivity contribution is 7.87. The summed E-state index contributed by atoms with van der Waals surface area (Å²) in [4.78, 5) is 15.1. The van der Waals surface area contributed by atoms with E-state index >= 15 is 0 Å². The Balaban J connectivity index is 1.52. The van der Waals surface area contributed by atoms with Gasteiger partial charge < -0.3 is 10.2 Å². The molecule has 3 heterocycles. The molecule has 0 aliphatic carbocycles. The van der Waals surface area contributed by atoms with Gasteiger partial charge in [-0.1, -0.05) is 0 Å². The van der Waals surface area contributed by atoms with E-state index in [-0.39, 0.29) is 0 Å². The van der Waals surface area contributed by atoms with E-state index in [9.17, 15) is 8.42 Å². The third-order valence-electron chi connectivity index (χ3n) is 4.37. The number of pyridine rings is 1. The van der Waals surface area contributed by atoms with E-state index in [4.69, 9.17) is 5.14 Å². The van der Waals surface area contributed by atoms with E-state index in [0.29, 0.717) is 18.4 Å². The van der Waals surface area contributed by atoms with Crippen molar-refractivity contribution in [2.75, 3.05) is 29.9 Å². The molecule has 1 aliphatic heterocycles. The number of piperidine rings is 1. The molecule has 2 aromatic rings. The fourth-order valence-electron chi connectivity index (χ4n) is 3.01. The summed E-state index contributed by atoms with van der Waals surface area (Å²) in [5.41, 5.74) is 0.887. The van der Waals surface area contributed by atoms with Crippen LogP contribution in [0.5, 0.6) is 0 Å². The number of anilines is 3. The Labute approximate surface area is 153 Å². The molecule has 1 aliphatic rings. The van der Waals surface area contributed by atoms with Gasteiger partial charge in [-0.15, -0.1) is 0 Å². The molecule has 2 aromatic heterocycles. The van der Waals surface area contributed by atoms with Gasteiger partial charge in [0.15, 0.2) is 0 Å². The van der Waals surface area contributed by atoms with Crippen molar-refractivity contribution in [1.29, 1.82) is 0 Å². The molecule has 0 amide bonds. The standard InChI is InChI=1S/C16H23N7O2S/c17-26(24,25)20-10-1-13-5-11-23(12-6-13)15-4-9-19-16(22-15)21-14-2-7-18-8-3-14/h2-4,7-9,13,20H,1,5-6,10-12H2,(H2,17,24,25)(H,18,19,21,22). The summed E-state index contributed by atoms with van der Waals surface area (Å²) in [6, 6.07) is 5.62. The molecule has 0 unspecified atom stereocenters. The van der Waals surface area contributed by atoms with Crippen LogP contribution in [0.1, 0.15) is 19.3 Å². The van der Waals surface area contributed by atoms with Crippen LogP contribution in [0, 0.1) is 5.92 Å². The van der Waals surface area contributed by atoms with Crippen LogP contribution in [0.2, 0.25) is 0 Å². The molecule has 10 heteroatoms. The average molecular weight is 377 g/mol. The van der Waals surface area contributed by atoms with E-state index < -0.39 is 10.2 Å². The first kappa shape index (κ1) is 18.5. The highest BCUT2D eigenvalue weighted by Gasteiger charge is 2.20. The predicted molar refractivity (Wildman–Crippen MR) is 100 cm³/mol. The largest absolute Gasteiger partial charge is 0.356 e. The molecule has 26 heavy (non-hydrogen) atoms. The van der Waals surface area contributed by atoms with Crippen molar-refractivity contribution in [3.05, 3.63) is 36.8 Å². The van der Waals surface area contributed by atoms with Gasteiger partial charge in [0, 0.05) is 43.9 Å². The second-order valence-electron chi connectivity index (χ2n) is 6.26. The molecule has 0 atom stereocenters. The second-order valence-corrected chi connectivity index (χ2v) is 7.64. The van der Waals surface area contributed by atoms with E-state index in [0.717, 1.165) is 43.9 Å². The number of rotatable bonds is 7. The molecular formula is C16H23N7O2S. The van der Waals surface area contributed by atoms with Gasteiger partial charge in [-0.3, -0.25) is 4.98 Å². The van der Waals surface area contributed by atoms with Crippen LogP contribution in [-0.2, 0) is 10.2 Å². The number of hydrogen-bond donors (Lipinski definition) is 3. The fraction of sp³-hybridized carbons (Fsp3) is 0.438. The number of hydrogen-bond acceptors (Lipinski definition) is 7. The van der Waals surface area contributed by atoms with Gasteiger partial charge in [0.25, 0.3) is 10.2 Å². The highest BCUT2D eigenvalue weighted by Crippen LogP contribution is 2.24. The summed E-state index contributed by atoms with van der Waals surface area (Å²) in [5.74, 6) is 1.92. The van der Waals surface area contributed by atoms with Crippen molar-refractivity contribution in [3.63, 3.8) is 0 Å². The third-order valence-corrected chi connectivity index (χ3v) is 4.98. The third kappa shape index (κ3) is 5.61. The SMILES string of the molecule is NS(=O)(=O)NCCC1CCN(c2ccnc(Nc3ccncc3)n2)CC1. The molecular weight excluding hydrogens is 354 g/mol. The van der Waals surface area contributed by atoms with Gasteiger partial charge in [-0.25, -0.2) is 14.8 Å².